The van der Waals surface area contributed by atoms with Crippen molar-refractivity contribution in [2.24, 2.45) is 0 Å². The molecule has 6 rings (SSSR count). The van der Waals surface area contributed by atoms with Gasteiger partial charge in [-0.15, -0.1) is 0 Å². The molecule has 288 valence electrons. The second kappa shape index (κ2) is 20.6. The monoisotopic (exact) mass is 742 g/mol. The van der Waals surface area contributed by atoms with Gasteiger partial charge >= 0.3 is 5.97 Å². The van der Waals surface area contributed by atoms with Crippen LogP contribution in [-0.4, -0.2) is 86.7 Å². The number of aliphatic hydroxyl groups is 1. The molecule has 2 aliphatic heterocycles. The molecule has 2 fully saturated rings. The van der Waals surface area contributed by atoms with E-state index in [9.17, 15) is 9.90 Å². The smallest absolute Gasteiger partial charge is 0.302 e. The topological polar surface area (TPSA) is 120 Å². The van der Waals surface area contributed by atoms with Crippen LogP contribution in [0.4, 0.5) is 0 Å². The Morgan fingerprint density at radius 1 is 0.611 bits per heavy atom. The van der Waals surface area contributed by atoms with Crippen LogP contribution in [0.5, 0.6) is 0 Å². The third-order valence-electron chi connectivity index (χ3n) is 9.35. The minimum atomic E-state index is -1.15. The Kier molecular flexibility index (Phi) is 15.1. The van der Waals surface area contributed by atoms with Crippen molar-refractivity contribution in [2.45, 2.75) is 95.1 Å². The van der Waals surface area contributed by atoms with Crippen LogP contribution in [-0.2, 0) is 73.9 Å². The van der Waals surface area contributed by atoms with Gasteiger partial charge in [0.05, 0.1) is 39.6 Å². The summed E-state index contributed by atoms with van der Waals surface area (Å²) in [5.41, 5.74) is 3.87. The molecule has 11 nitrogen and oxygen atoms in total. The lowest BCUT2D eigenvalue weighted by atomic mass is 9.98. The number of carbonyl (C=O) groups excluding carboxylic acids is 1. The third kappa shape index (κ3) is 11.5. The van der Waals surface area contributed by atoms with E-state index < -0.39 is 61.3 Å². The number of carbonyl (C=O) groups is 1. The number of esters is 1. The van der Waals surface area contributed by atoms with Gasteiger partial charge in [-0.1, -0.05) is 121 Å². The van der Waals surface area contributed by atoms with E-state index in [2.05, 4.69) is 0 Å². The SMILES string of the molecule is CO[C@H]1O[C@H](CO[C@H]2C[C@@H](OC(C)=O)[C@H](OCc3ccccc3)[C@@H](COCc3ccccc3)O2)[C@@H](O)[C@H](OCc2ccccc2)[C@H]1OCc1ccccc1. The zero-order valence-corrected chi connectivity index (χ0v) is 30.7. The zero-order valence-electron chi connectivity index (χ0n) is 30.7. The van der Waals surface area contributed by atoms with Gasteiger partial charge in [0.15, 0.2) is 12.6 Å². The molecule has 0 saturated carbocycles. The lowest BCUT2D eigenvalue weighted by molar-refractivity contribution is -0.328. The van der Waals surface area contributed by atoms with Crippen LogP contribution >= 0.6 is 0 Å². The number of ether oxygens (including phenoxy) is 9. The predicted octanol–water partition coefficient (Wildman–Crippen LogP) is 5.75. The van der Waals surface area contributed by atoms with Gasteiger partial charge in [0.1, 0.15) is 42.7 Å². The van der Waals surface area contributed by atoms with Gasteiger partial charge in [-0.2, -0.15) is 0 Å². The highest BCUT2D eigenvalue weighted by Crippen LogP contribution is 2.31. The number of benzene rings is 4. The number of methoxy groups -OCH3 is 1. The van der Waals surface area contributed by atoms with Crippen LogP contribution in [0.3, 0.4) is 0 Å². The van der Waals surface area contributed by atoms with Crippen molar-refractivity contribution in [2.75, 3.05) is 20.3 Å². The fraction of sp³-hybridized carbons (Fsp3) is 0.419. The summed E-state index contributed by atoms with van der Waals surface area (Å²) in [6.45, 7) is 2.58. The van der Waals surface area contributed by atoms with Crippen LogP contribution in [0.25, 0.3) is 0 Å². The molecule has 0 spiro atoms. The maximum atomic E-state index is 12.4. The quantitative estimate of drug-likeness (QED) is 0.126. The molecule has 4 aromatic carbocycles. The zero-order chi connectivity index (χ0) is 37.5. The van der Waals surface area contributed by atoms with Gasteiger partial charge in [0, 0.05) is 20.5 Å². The van der Waals surface area contributed by atoms with Gasteiger partial charge in [0.2, 0.25) is 0 Å². The molecule has 0 aromatic heterocycles. The van der Waals surface area contributed by atoms with E-state index in [-0.39, 0.29) is 39.5 Å². The minimum absolute atomic E-state index is 0.0811. The Morgan fingerprint density at radius 2 is 1.09 bits per heavy atom. The van der Waals surface area contributed by atoms with Crippen LogP contribution in [0.1, 0.15) is 35.6 Å². The molecule has 2 saturated heterocycles. The number of aliphatic hydroxyl groups excluding tert-OH is 1. The summed E-state index contributed by atoms with van der Waals surface area (Å²) in [6, 6.07) is 39.0. The lowest BCUT2D eigenvalue weighted by Crippen LogP contribution is -2.61. The summed E-state index contributed by atoms with van der Waals surface area (Å²) in [6.07, 6.45) is -7.12. The third-order valence-corrected chi connectivity index (χ3v) is 9.35. The molecule has 0 aliphatic carbocycles. The van der Waals surface area contributed by atoms with Gasteiger partial charge < -0.3 is 47.7 Å². The van der Waals surface area contributed by atoms with E-state index in [0.29, 0.717) is 6.61 Å². The summed E-state index contributed by atoms with van der Waals surface area (Å²) in [5.74, 6) is -0.452. The highest BCUT2D eigenvalue weighted by atomic mass is 16.7. The Balaban J connectivity index is 1.15. The molecular weight excluding hydrogens is 692 g/mol. The van der Waals surface area contributed by atoms with Crippen molar-refractivity contribution in [3.05, 3.63) is 144 Å². The van der Waals surface area contributed by atoms with Crippen molar-refractivity contribution in [1.82, 2.24) is 0 Å². The van der Waals surface area contributed by atoms with Gasteiger partial charge in [-0.25, -0.2) is 0 Å². The Bertz CT molecular complexity index is 1650. The van der Waals surface area contributed by atoms with E-state index in [1.807, 2.05) is 121 Å². The molecule has 11 heteroatoms. The van der Waals surface area contributed by atoms with Gasteiger partial charge in [0.25, 0.3) is 0 Å². The Hall–Kier alpha value is -4.01. The van der Waals surface area contributed by atoms with Crippen LogP contribution in [0.2, 0.25) is 0 Å². The van der Waals surface area contributed by atoms with Crippen LogP contribution in [0.15, 0.2) is 121 Å². The highest BCUT2D eigenvalue weighted by molar-refractivity contribution is 5.66. The molecule has 0 radical (unpaired) electrons. The second-order valence-corrected chi connectivity index (χ2v) is 13.4. The van der Waals surface area contributed by atoms with Crippen LogP contribution in [0, 0.1) is 0 Å². The normalized spacial score (nSPS) is 27.0. The van der Waals surface area contributed by atoms with Gasteiger partial charge in [-0.3, -0.25) is 4.79 Å². The molecule has 2 aliphatic rings. The first kappa shape index (κ1) is 39.7. The second-order valence-electron chi connectivity index (χ2n) is 13.4. The maximum absolute atomic E-state index is 12.4. The van der Waals surface area contributed by atoms with Crippen molar-refractivity contribution in [3.63, 3.8) is 0 Å². The molecule has 0 unspecified atom stereocenters. The molecule has 9 atom stereocenters. The van der Waals surface area contributed by atoms with E-state index in [1.54, 1.807) is 0 Å². The van der Waals surface area contributed by atoms with E-state index in [0.717, 1.165) is 22.3 Å². The molecule has 1 N–H and O–H groups in total. The summed E-state index contributed by atoms with van der Waals surface area (Å²) in [5, 5.41) is 11.8. The summed E-state index contributed by atoms with van der Waals surface area (Å²) >= 11 is 0. The summed E-state index contributed by atoms with van der Waals surface area (Å²) in [4.78, 5) is 12.4. The number of hydrogen-bond donors (Lipinski definition) is 1. The van der Waals surface area contributed by atoms with E-state index in [4.69, 9.17) is 42.6 Å². The average Bonchev–Trinajstić information content (AvgIpc) is 3.20. The van der Waals surface area contributed by atoms with Crippen LogP contribution < -0.4 is 0 Å². The predicted molar refractivity (Wildman–Crippen MR) is 198 cm³/mol. The Morgan fingerprint density at radius 3 is 1.59 bits per heavy atom. The largest absolute Gasteiger partial charge is 0.459 e. The summed E-state index contributed by atoms with van der Waals surface area (Å²) in [7, 11) is 1.52. The number of rotatable bonds is 18. The molecule has 0 amide bonds. The fourth-order valence-corrected chi connectivity index (χ4v) is 6.63. The first-order valence-electron chi connectivity index (χ1n) is 18.4. The first-order valence-corrected chi connectivity index (χ1v) is 18.4. The first-order chi connectivity index (χ1) is 26.5. The van der Waals surface area contributed by atoms with E-state index >= 15 is 0 Å². The number of hydrogen-bond acceptors (Lipinski definition) is 11. The van der Waals surface area contributed by atoms with Gasteiger partial charge in [-0.05, 0) is 22.3 Å². The lowest BCUT2D eigenvalue weighted by Gasteiger charge is -2.44. The standard InChI is InChI=1S/C43H50O11/c1-30(44)52-35-23-38(53-37(28-47-24-31-15-7-3-8-16-31)40(35)49-25-32-17-9-4-10-18-32)48-29-36-39(45)41(50-26-33-19-11-5-12-20-33)42(43(46-2)54-36)51-27-34-21-13-6-14-22-34/h3-22,35-43,45H,23-29H2,1-2H3/t35-,36-,37-,38-,39-,40+,41+,42-,43+/m1/s1. The molecule has 54 heavy (non-hydrogen) atoms. The van der Waals surface area contributed by atoms with E-state index in [1.165, 1.54) is 14.0 Å². The minimum Gasteiger partial charge on any atom is -0.459 e. The average molecular weight is 743 g/mol. The summed E-state index contributed by atoms with van der Waals surface area (Å²) < 4.78 is 55.8. The van der Waals surface area contributed by atoms with Crippen molar-refractivity contribution in [1.29, 1.82) is 0 Å². The molecule has 0 bridgehead atoms. The molecular formula is C43H50O11. The Labute approximate surface area is 317 Å². The highest BCUT2D eigenvalue weighted by Gasteiger charge is 2.48. The van der Waals surface area contributed by atoms with Crippen molar-refractivity contribution in [3.8, 4) is 0 Å². The maximum Gasteiger partial charge on any atom is 0.302 e. The molecule has 2 heterocycles. The fourth-order valence-electron chi connectivity index (χ4n) is 6.63. The molecule has 4 aromatic rings. The van der Waals surface area contributed by atoms with Crippen molar-refractivity contribution >= 4 is 5.97 Å². The van der Waals surface area contributed by atoms with Crippen molar-refractivity contribution < 1.29 is 52.5 Å².